The van der Waals surface area contributed by atoms with Gasteiger partial charge in [-0.25, -0.2) is 0 Å². The van der Waals surface area contributed by atoms with Crippen LogP contribution in [0, 0.1) is 19.1 Å². The number of hydrogen-bond acceptors (Lipinski definition) is 3. The summed E-state index contributed by atoms with van der Waals surface area (Å²) in [4.78, 5) is 13.1. The molecule has 0 spiro atoms. The zero-order chi connectivity index (χ0) is 19.4. The molecule has 0 fully saturated rings. The number of carbonyl (C=O) groups is 1. The first kappa shape index (κ1) is 19.8. The van der Waals surface area contributed by atoms with Crippen LogP contribution in [0.4, 0.5) is 5.69 Å². The highest BCUT2D eigenvalue weighted by Crippen LogP contribution is 2.27. The van der Waals surface area contributed by atoms with Crippen LogP contribution in [0.2, 0.25) is 0 Å². The van der Waals surface area contributed by atoms with Crippen molar-refractivity contribution in [3.05, 3.63) is 57.6 Å². The lowest BCUT2D eigenvalue weighted by molar-refractivity contribution is -0.619. The monoisotopic (exact) mass is 356 g/mol. The Balaban J connectivity index is 2.53. The number of nitrogens with one attached hydrogen (secondary N) is 1. The summed E-state index contributed by atoms with van der Waals surface area (Å²) in [6.07, 6.45) is 1.53. The summed E-state index contributed by atoms with van der Waals surface area (Å²) in [5.74, 6) is 0.116. The average molecular weight is 356 g/mol. The maximum Gasteiger partial charge on any atom is 0.265 e. The first-order chi connectivity index (χ1) is 12.3. The van der Waals surface area contributed by atoms with Crippen molar-refractivity contribution in [2.45, 2.75) is 60.5 Å². The van der Waals surface area contributed by atoms with Crippen molar-refractivity contribution in [3.8, 4) is 5.75 Å². The molecule has 0 saturated heterocycles. The van der Waals surface area contributed by atoms with Crippen molar-refractivity contribution in [1.29, 1.82) is 0 Å². The number of hydrogen-bond donors (Lipinski definition) is 1. The normalized spacial score (nSPS) is 10.9. The Morgan fingerprint density at radius 3 is 2.27 bits per heavy atom. The van der Waals surface area contributed by atoms with E-state index in [2.05, 4.69) is 19.2 Å². The lowest BCUT2D eigenvalue weighted by Gasteiger charge is -2.19. The fraction of sp³-hybridized carbons (Fsp3) is 0.429. The fourth-order valence-corrected chi connectivity index (χ4v) is 3.07. The molecule has 0 aliphatic heterocycles. The maximum atomic E-state index is 13.1. The van der Waals surface area contributed by atoms with E-state index in [1.165, 1.54) is 0 Å². The van der Waals surface area contributed by atoms with Gasteiger partial charge in [0.15, 0.2) is 5.69 Å². The molecule has 0 saturated carbocycles. The second-order valence-electron chi connectivity index (χ2n) is 6.68. The quantitative estimate of drug-likeness (QED) is 0.626. The highest BCUT2D eigenvalue weighted by atomic mass is 16.5. The third kappa shape index (κ3) is 3.98. The number of para-hydroxylation sites is 1. The summed E-state index contributed by atoms with van der Waals surface area (Å²) in [7, 11) is 0. The summed E-state index contributed by atoms with van der Waals surface area (Å²) < 4.78 is 6.59. The number of pyridine rings is 1. The number of benzene rings is 1. The largest absolute Gasteiger partial charge is 0.618 e. The maximum absolute atomic E-state index is 13.1. The molecule has 2 rings (SSSR count). The Hall–Kier alpha value is -2.56. The van der Waals surface area contributed by atoms with Crippen LogP contribution in [-0.4, -0.2) is 12.0 Å². The lowest BCUT2D eigenvalue weighted by atomic mass is 10.0. The number of amides is 1. The molecule has 1 aromatic carbocycles. The van der Waals surface area contributed by atoms with Crippen molar-refractivity contribution in [2.24, 2.45) is 0 Å². The van der Waals surface area contributed by atoms with Crippen molar-refractivity contribution < 1.29 is 14.3 Å². The highest BCUT2D eigenvalue weighted by molar-refractivity contribution is 6.07. The molecular formula is C21H28N2O3. The van der Waals surface area contributed by atoms with E-state index in [4.69, 9.17) is 4.74 Å². The lowest BCUT2D eigenvalue weighted by Crippen LogP contribution is -2.37. The first-order valence-electron chi connectivity index (χ1n) is 9.12. The molecule has 0 aliphatic carbocycles. The predicted octanol–water partition coefficient (Wildman–Crippen LogP) is 4.10. The van der Waals surface area contributed by atoms with Crippen LogP contribution < -0.4 is 14.8 Å². The molecule has 1 amide bonds. The Morgan fingerprint density at radius 2 is 1.77 bits per heavy atom. The smallest absolute Gasteiger partial charge is 0.265 e. The van der Waals surface area contributed by atoms with E-state index in [0.717, 1.165) is 34.4 Å². The number of aryl methyl sites for hydroxylation is 3. The fourth-order valence-electron chi connectivity index (χ4n) is 3.07. The number of rotatable bonds is 6. The molecule has 2 aromatic rings. The van der Waals surface area contributed by atoms with E-state index in [-0.39, 0.29) is 17.6 Å². The summed E-state index contributed by atoms with van der Waals surface area (Å²) in [5.41, 5.74) is 4.10. The van der Waals surface area contributed by atoms with Gasteiger partial charge in [0.05, 0.1) is 6.10 Å². The number of carbonyl (C=O) groups excluding carboxylic acids is 1. The van der Waals surface area contributed by atoms with Crippen LogP contribution >= 0.6 is 0 Å². The zero-order valence-corrected chi connectivity index (χ0v) is 16.5. The van der Waals surface area contributed by atoms with Crippen molar-refractivity contribution >= 4 is 11.6 Å². The Morgan fingerprint density at radius 1 is 1.19 bits per heavy atom. The summed E-state index contributed by atoms with van der Waals surface area (Å²) in [6, 6.07) is 7.65. The molecular weight excluding hydrogens is 328 g/mol. The molecule has 1 N–H and O–H groups in total. The second kappa shape index (κ2) is 8.21. The Kier molecular flexibility index (Phi) is 6.24. The van der Waals surface area contributed by atoms with E-state index < -0.39 is 0 Å². The molecule has 0 radical (unpaired) electrons. The molecule has 1 aromatic heterocycles. The Bertz CT molecular complexity index is 791. The van der Waals surface area contributed by atoms with Crippen LogP contribution in [0.15, 0.2) is 24.3 Å². The summed E-state index contributed by atoms with van der Waals surface area (Å²) >= 11 is 0. The van der Waals surface area contributed by atoms with Gasteiger partial charge in [0.2, 0.25) is 5.69 Å². The van der Waals surface area contributed by atoms with Gasteiger partial charge in [-0.3, -0.25) is 4.79 Å². The van der Waals surface area contributed by atoms with Gasteiger partial charge in [0.1, 0.15) is 11.3 Å². The van der Waals surface area contributed by atoms with Crippen molar-refractivity contribution in [1.82, 2.24) is 0 Å². The minimum Gasteiger partial charge on any atom is -0.618 e. The molecule has 5 heteroatoms. The third-order valence-electron chi connectivity index (χ3n) is 4.40. The average Bonchev–Trinajstić information content (AvgIpc) is 2.59. The molecule has 140 valence electrons. The van der Waals surface area contributed by atoms with E-state index >= 15 is 0 Å². The van der Waals surface area contributed by atoms with Crippen LogP contribution in [0.5, 0.6) is 5.75 Å². The van der Waals surface area contributed by atoms with E-state index in [1.807, 2.05) is 32.0 Å². The number of nitrogens with zero attached hydrogens (tertiary/aromatic N) is 1. The first-order valence-corrected chi connectivity index (χ1v) is 9.12. The van der Waals surface area contributed by atoms with E-state index in [1.54, 1.807) is 19.9 Å². The molecule has 0 aliphatic rings. The topological polar surface area (TPSA) is 65.3 Å². The minimum absolute atomic E-state index is 0.100. The van der Waals surface area contributed by atoms with Crippen molar-refractivity contribution in [3.63, 3.8) is 0 Å². The van der Waals surface area contributed by atoms with E-state index in [0.29, 0.717) is 17.1 Å². The molecule has 0 bridgehead atoms. The number of aromatic nitrogens is 1. The molecule has 0 unspecified atom stereocenters. The van der Waals surface area contributed by atoms with Gasteiger partial charge in [-0.1, -0.05) is 32.0 Å². The van der Waals surface area contributed by atoms with Crippen molar-refractivity contribution in [2.75, 3.05) is 5.32 Å². The zero-order valence-electron chi connectivity index (χ0n) is 16.5. The van der Waals surface area contributed by atoms with Crippen LogP contribution in [0.3, 0.4) is 0 Å². The minimum atomic E-state index is -0.321. The van der Waals surface area contributed by atoms with Gasteiger partial charge < -0.3 is 15.3 Å². The molecule has 26 heavy (non-hydrogen) atoms. The number of ether oxygens (including phenoxy) is 1. The second-order valence-corrected chi connectivity index (χ2v) is 6.68. The van der Waals surface area contributed by atoms with Crippen LogP contribution in [0.25, 0.3) is 0 Å². The molecule has 1 heterocycles. The van der Waals surface area contributed by atoms with Gasteiger partial charge in [0.25, 0.3) is 5.91 Å². The van der Waals surface area contributed by atoms with E-state index in [9.17, 15) is 10.0 Å². The molecule has 0 atom stereocenters. The standard InChI is InChI=1S/C21H28N2O3/c1-7-16-10-9-11-17(8-2)20(16)22-21(24)19-15(6)23(25)14(5)12-18(19)26-13(3)4/h9-13H,7-8H2,1-6H3,(H,22,24). The van der Waals surface area contributed by atoms with Gasteiger partial charge in [-0.15, -0.1) is 0 Å². The third-order valence-corrected chi connectivity index (χ3v) is 4.40. The van der Waals surface area contributed by atoms with Gasteiger partial charge in [0, 0.05) is 25.6 Å². The summed E-state index contributed by atoms with van der Waals surface area (Å²) in [6.45, 7) is 11.3. The van der Waals surface area contributed by atoms with Crippen LogP contribution in [-0.2, 0) is 12.8 Å². The van der Waals surface area contributed by atoms with Gasteiger partial charge in [-0.2, -0.15) is 4.73 Å². The molecule has 5 nitrogen and oxygen atoms in total. The van der Waals surface area contributed by atoms with Gasteiger partial charge in [-0.05, 0) is 37.8 Å². The van der Waals surface area contributed by atoms with Crippen LogP contribution in [0.1, 0.15) is 60.6 Å². The predicted molar refractivity (Wildman–Crippen MR) is 104 cm³/mol. The SMILES string of the molecule is CCc1cccc(CC)c1NC(=O)c1c(OC(C)C)cc(C)[n+]([O-])c1C. The summed E-state index contributed by atoms with van der Waals surface area (Å²) in [5, 5.41) is 15.3. The number of anilines is 1. The highest BCUT2D eigenvalue weighted by Gasteiger charge is 2.25. The van der Waals surface area contributed by atoms with Gasteiger partial charge >= 0.3 is 0 Å². The Labute approximate surface area is 155 Å².